The van der Waals surface area contributed by atoms with Crippen molar-refractivity contribution in [1.29, 1.82) is 0 Å². The van der Waals surface area contributed by atoms with Gasteiger partial charge in [0.1, 0.15) is 0 Å². The van der Waals surface area contributed by atoms with Gasteiger partial charge in [0.2, 0.25) is 5.82 Å². The summed E-state index contributed by atoms with van der Waals surface area (Å²) in [7, 11) is 0. The molecule has 1 rings (SSSR count). The molecule has 0 saturated carbocycles. The molecule has 7 nitrogen and oxygen atoms in total. The maximum absolute atomic E-state index is 13.2. The van der Waals surface area contributed by atoms with Gasteiger partial charge in [-0.15, -0.1) is 0 Å². The molecule has 0 amide bonds. The van der Waals surface area contributed by atoms with E-state index in [4.69, 9.17) is 10.6 Å². The third kappa shape index (κ3) is 4.20. The summed E-state index contributed by atoms with van der Waals surface area (Å²) < 4.78 is 13.2. The average Bonchev–Trinajstić information content (AvgIpc) is 2.38. The number of nitro benzene ring substituents is 1. The third-order valence-electron chi connectivity index (χ3n) is 2.63. The maximum Gasteiger partial charge on any atom is 0.305 e. The molecule has 1 unspecified atom stereocenters. The lowest BCUT2D eigenvalue weighted by atomic mass is 10.0. The van der Waals surface area contributed by atoms with E-state index in [0.29, 0.717) is 24.8 Å². The minimum absolute atomic E-state index is 0.0204. The Labute approximate surface area is 108 Å². The van der Waals surface area contributed by atoms with Crippen LogP contribution >= 0.6 is 0 Å². The summed E-state index contributed by atoms with van der Waals surface area (Å²) in [6, 6.07) is 2.82. The van der Waals surface area contributed by atoms with Crippen molar-refractivity contribution >= 4 is 5.69 Å². The van der Waals surface area contributed by atoms with Gasteiger partial charge in [0.15, 0.2) is 0 Å². The van der Waals surface area contributed by atoms with Crippen LogP contribution < -0.4 is 0 Å². The van der Waals surface area contributed by atoms with E-state index in [1.54, 1.807) is 0 Å². The lowest BCUT2D eigenvalue weighted by molar-refractivity contribution is -0.387. The predicted molar refractivity (Wildman–Crippen MR) is 65.9 cm³/mol. The molecule has 0 aliphatic carbocycles. The molecule has 0 saturated heterocycles. The van der Waals surface area contributed by atoms with Crippen molar-refractivity contribution < 1.29 is 14.4 Å². The second-order valence-electron chi connectivity index (χ2n) is 3.91. The summed E-state index contributed by atoms with van der Waals surface area (Å²) in [5.41, 5.74) is 8.24. The smallest absolute Gasteiger partial charge is 0.305 e. The van der Waals surface area contributed by atoms with Crippen LogP contribution in [0.3, 0.4) is 0 Å². The maximum atomic E-state index is 13.2. The van der Waals surface area contributed by atoms with E-state index >= 15 is 0 Å². The number of nitro groups is 1. The van der Waals surface area contributed by atoms with Crippen molar-refractivity contribution in [2.45, 2.75) is 25.3 Å². The van der Waals surface area contributed by atoms with Gasteiger partial charge < -0.3 is 5.11 Å². The molecule has 102 valence electrons. The summed E-state index contributed by atoms with van der Waals surface area (Å²) in [5.74, 6) is -0.927. The van der Waals surface area contributed by atoms with Crippen molar-refractivity contribution in [3.8, 4) is 0 Å². The van der Waals surface area contributed by atoms with Crippen molar-refractivity contribution in [3.63, 3.8) is 0 Å². The quantitative estimate of drug-likeness (QED) is 0.204. The Bertz CT molecular complexity index is 503. The minimum Gasteiger partial charge on any atom is -0.396 e. The first-order chi connectivity index (χ1) is 9.10. The first-order valence-corrected chi connectivity index (χ1v) is 5.69. The Morgan fingerprint density at radius 1 is 1.53 bits per heavy atom. The SMILES string of the molecule is [N-]=[N+]=NC(CCCCO)c1ccc(F)c([N+](=O)[O-])c1. The van der Waals surface area contributed by atoms with Gasteiger partial charge in [0.25, 0.3) is 0 Å². The third-order valence-corrected chi connectivity index (χ3v) is 2.63. The molecule has 0 bridgehead atoms. The van der Waals surface area contributed by atoms with E-state index in [2.05, 4.69) is 10.0 Å². The molecule has 19 heavy (non-hydrogen) atoms. The van der Waals surface area contributed by atoms with Gasteiger partial charge in [-0.2, -0.15) is 4.39 Å². The molecule has 0 fully saturated rings. The Morgan fingerprint density at radius 3 is 2.84 bits per heavy atom. The number of nitrogens with zero attached hydrogens (tertiary/aromatic N) is 4. The highest BCUT2D eigenvalue weighted by atomic mass is 19.1. The Kier molecular flexibility index (Phi) is 5.72. The summed E-state index contributed by atoms with van der Waals surface area (Å²) in [6.45, 7) is 0.0204. The van der Waals surface area contributed by atoms with Crippen LogP contribution in [0.2, 0.25) is 0 Å². The van der Waals surface area contributed by atoms with E-state index < -0.39 is 22.5 Å². The van der Waals surface area contributed by atoms with Gasteiger partial charge in [0.05, 0.1) is 11.0 Å². The predicted octanol–water partition coefficient (Wildman–Crippen LogP) is 3.25. The van der Waals surface area contributed by atoms with Gasteiger partial charge in [-0.3, -0.25) is 10.1 Å². The normalized spacial score (nSPS) is 11.7. The molecule has 1 N–H and O–H groups in total. The molecule has 1 aromatic carbocycles. The Balaban J connectivity index is 2.98. The number of rotatable bonds is 7. The molecule has 0 aliphatic heterocycles. The number of aliphatic hydroxyl groups is 1. The Hall–Kier alpha value is -2.18. The van der Waals surface area contributed by atoms with E-state index in [0.717, 1.165) is 12.1 Å². The highest BCUT2D eigenvalue weighted by molar-refractivity contribution is 5.37. The van der Waals surface area contributed by atoms with Gasteiger partial charge >= 0.3 is 5.69 Å². The summed E-state index contributed by atoms with van der Waals surface area (Å²) >= 11 is 0. The highest BCUT2D eigenvalue weighted by Crippen LogP contribution is 2.28. The van der Waals surface area contributed by atoms with Crippen LogP contribution in [0, 0.1) is 15.9 Å². The Morgan fingerprint density at radius 2 is 2.26 bits per heavy atom. The van der Waals surface area contributed by atoms with E-state index in [1.165, 1.54) is 6.07 Å². The monoisotopic (exact) mass is 268 g/mol. The van der Waals surface area contributed by atoms with Gasteiger partial charge in [-0.25, -0.2) is 0 Å². The molecular weight excluding hydrogens is 255 g/mol. The largest absolute Gasteiger partial charge is 0.396 e. The van der Waals surface area contributed by atoms with E-state index in [9.17, 15) is 14.5 Å². The van der Waals surface area contributed by atoms with E-state index in [1.807, 2.05) is 0 Å². The fourth-order valence-corrected chi connectivity index (χ4v) is 1.68. The van der Waals surface area contributed by atoms with Gasteiger partial charge in [-0.1, -0.05) is 17.6 Å². The van der Waals surface area contributed by atoms with Crippen molar-refractivity contribution in [2.24, 2.45) is 5.11 Å². The molecule has 0 aromatic heterocycles. The van der Waals surface area contributed by atoms with Crippen LogP contribution in [-0.4, -0.2) is 16.6 Å². The molecule has 0 radical (unpaired) electrons. The van der Waals surface area contributed by atoms with Crippen LogP contribution in [0.5, 0.6) is 0 Å². The number of halogens is 1. The second kappa shape index (κ2) is 7.30. The van der Waals surface area contributed by atoms with Crippen LogP contribution in [0.25, 0.3) is 10.4 Å². The lowest BCUT2D eigenvalue weighted by Crippen LogP contribution is -1.99. The van der Waals surface area contributed by atoms with E-state index in [-0.39, 0.29) is 6.61 Å². The lowest BCUT2D eigenvalue weighted by Gasteiger charge is -2.11. The highest BCUT2D eigenvalue weighted by Gasteiger charge is 2.18. The average molecular weight is 268 g/mol. The summed E-state index contributed by atoms with van der Waals surface area (Å²) in [4.78, 5) is 12.5. The van der Waals surface area contributed by atoms with Crippen LogP contribution in [0.1, 0.15) is 30.9 Å². The minimum atomic E-state index is -0.927. The molecule has 0 heterocycles. The topological polar surface area (TPSA) is 112 Å². The molecule has 8 heteroatoms. The molecule has 0 aliphatic rings. The zero-order valence-corrected chi connectivity index (χ0v) is 10.1. The van der Waals surface area contributed by atoms with Gasteiger partial charge in [-0.05, 0) is 30.0 Å². The molecular formula is C11H13FN4O3. The van der Waals surface area contributed by atoms with Gasteiger partial charge in [0, 0.05) is 17.6 Å². The van der Waals surface area contributed by atoms with Crippen LogP contribution in [0.4, 0.5) is 10.1 Å². The van der Waals surface area contributed by atoms with Crippen LogP contribution in [-0.2, 0) is 0 Å². The number of unbranched alkanes of at least 4 members (excludes halogenated alkanes) is 1. The fraction of sp³-hybridized carbons (Fsp3) is 0.455. The number of benzene rings is 1. The molecule has 1 atom stereocenters. The zero-order valence-electron chi connectivity index (χ0n) is 10.1. The van der Waals surface area contributed by atoms with Crippen molar-refractivity contribution in [1.82, 2.24) is 0 Å². The second-order valence-corrected chi connectivity index (χ2v) is 3.91. The summed E-state index contributed by atoms with van der Waals surface area (Å²) in [6.07, 6.45) is 1.58. The standard InChI is InChI=1S/C11H13FN4O3/c12-9-5-4-8(7-11(9)16(18)19)10(14-15-13)3-1-2-6-17/h4-5,7,10,17H,1-3,6H2. The number of hydrogen-bond donors (Lipinski definition) is 1. The zero-order chi connectivity index (χ0) is 14.3. The number of hydrogen-bond acceptors (Lipinski definition) is 4. The molecule has 1 aromatic rings. The first-order valence-electron chi connectivity index (χ1n) is 5.69. The number of aliphatic hydroxyl groups excluding tert-OH is 1. The van der Waals surface area contributed by atoms with Crippen molar-refractivity contribution in [2.75, 3.05) is 6.61 Å². The fourth-order valence-electron chi connectivity index (χ4n) is 1.68. The first kappa shape index (κ1) is 14.9. The molecule has 0 spiro atoms. The van der Waals surface area contributed by atoms with Crippen LogP contribution in [0.15, 0.2) is 23.3 Å². The number of azide groups is 1. The summed E-state index contributed by atoms with van der Waals surface area (Å²) in [5, 5.41) is 22.9. The van der Waals surface area contributed by atoms with Crippen molar-refractivity contribution in [3.05, 3.63) is 50.1 Å².